The number of ether oxygens (including phenoxy) is 2. The summed E-state index contributed by atoms with van der Waals surface area (Å²) in [5.41, 5.74) is 1.98. The molecular weight excluding hydrogens is 266 g/mol. The lowest BCUT2D eigenvalue weighted by Gasteiger charge is -2.28. The minimum atomic E-state index is 0.357. The fourth-order valence-electron chi connectivity index (χ4n) is 3.47. The number of imidazole rings is 1. The second-order valence-electron chi connectivity index (χ2n) is 5.97. The first-order valence-electron chi connectivity index (χ1n) is 7.92. The zero-order valence-corrected chi connectivity index (χ0v) is 12.2. The van der Waals surface area contributed by atoms with Gasteiger partial charge in [-0.05, 0) is 37.8 Å². The van der Waals surface area contributed by atoms with Crippen molar-refractivity contribution in [1.82, 2.24) is 14.5 Å². The van der Waals surface area contributed by atoms with Crippen LogP contribution in [0.2, 0.25) is 0 Å². The lowest BCUT2D eigenvalue weighted by atomic mass is 10.0. The summed E-state index contributed by atoms with van der Waals surface area (Å²) >= 11 is 0. The molecule has 0 spiro atoms. The Kier molecular flexibility index (Phi) is 3.61. The number of aromatic nitrogens is 3. The maximum Gasteiger partial charge on any atom is 0.160 e. The van der Waals surface area contributed by atoms with Gasteiger partial charge < -0.3 is 14.0 Å². The Hall–Kier alpha value is -1.46. The van der Waals surface area contributed by atoms with Crippen LogP contribution in [0.5, 0.6) is 0 Å². The Morgan fingerprint density at radius 3 is 2.71 bits per heavy atom. The number of pyridine rings is 1. The largest absolute Gasteiger partial charge is 0.381 e. The number of fused-ring (bicyclic) bond motifs is 1. The maximum atomic E-state index is 5.69. The first-order valence-corrected chi connectivity index (χ1v) is 7.92. The van der Waals surface area contributed by atoms with E-state index in [-0.39, 0.29) is 0 Å². The standard InChI is InChI=1S/C16H21N3O2/c1-6-14-16(17-7-1)19(13-5-3-9-21-11-13)15(18-14)12-4-2-8-20-10-12/h1,6-7,12-13H,2-5,8-11H2. The summed E-state index contributed by atoms with van der Waals surface area (Å²) in [7, 11) is 0. The molecule has 0 aliphatic carbocycles. The van der Waals surface area contributed by atoms with E-state index in [1.807, 2.05) is 12.3 Å². The second kappa shape index (κ2) is 5.73. The van der Waals surface area contributed by atoms with Crippen molar-refractivity contribution < 1.29 is 9.47 Å². The molecule has 2 aromatic heterocycles. The lowest BCUT2D eigenvalue weighted by molar-refractivity contribution is 0.0533. The quantitative estimate of drug-likeness (QED) is 0.852. The molecule has 2 aliphatic heterocycles. The highest BCUT2D eigenvalue weighted by molar-refractivity contribution is 5.71. The van der Waals surface area contributed by atoms with Crippen LogP contribution in [0.25, 0.3) is 11.2 Å². The van der Waals surface area contributed by atoms with Crippen molar-refractivity contribution in [3.8, 4) is 0 Å². The van der Waals surface area contributed by atoms with Crippen molar-refractivity contribution in [3.05, 3.63) is 24.2 Å². The van der Waals surface area contributed by atoms with E-state index in [2.05, 4.69) is 15.6 Å². The highest BCUT2D eigenvalue weighted by Gasteiger charge is 2.28. The van der Waals surface area contributed by atoms with Gasteiger partial charge in [-0.25, -0.2) is 9.97 Å². The van der Waals surface area contributed by atoms with Crippen LogP contribution < -0.4 is 0 Å². The molecule has 4 rings (SSSR count). The Bertz CT molecular complexity index is 613. The third-order valence-electron chi connectivity index (χ3n) is 4.50. The van der Waals surface area contributed by atoms with E-state index in [1.165, 1.54) is 0 Å². The van der Waals surface area contributed by atoms with Gasteiger partial charge in [0.25, 0.3) is 0 Å². The van der Waals surface area contributed by atoms with Gasteiger partial charge >= 0.3 is 0 Å². The van der Waals surface area contributed by atoms with Crippen molar-refractivity contribution in [1.29, 1.82) is 0 Å². The molecule has 0 radical (unpaired) electrons. The topological polar surface area (TPSA) is 49.2 Å². The molecule has 21 heavy (non-hydrogen) atoms. The van der Waals surface area contributed by atoms with Crippen LogP contribution in [0.15, 0.2) is 18.3 Å². The number of hydrogen-bond acceptors (Lipinski definition) is 4. The normalized spacial score (nSPS) is 27.0. The molecule has 2 aromatic rings. The Morgan fingerprint density at radius 2 is 1.95 bits per heavy atom. The van der Waals surface area contributed by atoms with Crippen molar-refractivity contribution in [2.24, 2.45) is 0 Å². The van der Waals surface area contributed by atoms with E-state index in [9.17, 15) is 0 Å². The molecule has 0 amide bonds. The molecule has 0 aromatic carbocycles. The summed E-state index contributed by atoms with van der Waals surface area (Å²) < 4.78 is 13.7. The average Bonchev–Trinajstić information content (AvgIpc) is 2.96. The number of hydrogen-bond donors (Lipinski definition) is 0. The summed E-state index contributed by atoms with van der Waals surface area (Å²) in [5, 5.41) is 0. The van der Waals surface area contributed by atoms with E-state index >= 15 is 0 Å². The van der Waals surface area contributed by atoms with Gasteiger partial charge in [0.1, 0.15) is 11.3 Å². The second-order valence-corrected chi connectivity index (χ2v) is 5.97. The van der Waals surface area contributed by atoms with Crippen LogP contribution in [0, 0.1) is 0 Å². The Labute approximate surface area is 124 Å². The summed E-state index contributed by atoms with van der Waals surface area (Å²) in [6.45, 7) is 3.29. The summed E-state index contributed by atoms with van der Waals surface area (Å²) in [4.78, 5) is 9.45. The monoisotopic (exact) mass is 287 g/mol. The van der Waals surface area contributed by atoms with Gasteiger partial charge in [0.15, 0.2) is 5.65 Å². The van der Waals surface area contributed by atoms with Crippen molar-refractivity contribution >= 4 is 11.2 Å². The number of nitrogens with zero attached hydrogens (tertiary/aromatic N) is 3. The third-order valence-corrected chi connectivity index (χ3v) is 4.50. The highest BCUT2D eigenvalue weighted by Crippen LogP contribution is 2.32. The number of rotatable bonds is 2. The molecule has 0 saturated carbocycles. The molecule has 112 valence electrons. The zero-order valence-electron chi connectivity index (χ0n) is 12.2. The molecule has 2 fully saturated rings. The van der Waals surface area contributed by atoms with Crippen LogP contribution in [0.3, 0.4) is 0 Å². The summed E-state index contributed by atoms with van der Waals surface area (Å²) in [5.74, 6) is 1.52. The molecule has 5 nitrogen and oxygen atoms in total. The van der Waals surface area contributed by atoms with E-state index in [1.54, 1.807) is 0 Å². The first-order chi connectivity index (χ1) is 10.4. The van der Waals surface area contributed by atoms with E-state index in [0.717, 1.165) is 69.1 Å². The van der Waals surface area contributed by atoms with Crippen molar-refractivity contribution in [2.75, 3.05) is 26.4 Å². The van der Waals surface area contributed by atoms with Crippen LogP contribution in [0.1, 0.15) is 43.5 Å². The van der Waals surface area contributed by atoms with Crippen molar-refractivity contribution in [3.63, 3.8) is 0 Å². The minimum Gasteiger partial charge on any atom is -0.381 e. The van der Waals surface area contributed by atoms with Crippen LogP contribution in [-0.2, 0) is 9.47 Å². The zero-order chi connectivity index (χ0) is 14.1. The third kappa shape index (κ3) is 2.45. The van der Waals surface area contributed by atoms with E-state index < -0.39 is 0 Å². The SMILES string of the molecule is c1cnc2c(c1)nc(C1CCCOC1)n2C1CCCOC1. The van der Waals surface area contributed by atoms with Gasteiger partial charge in [-0.15, -0.1) is 0 Å². The molecule has 2 atom stereocenters. The van der Waals surface area contributed by atoms with Gasteiger partial charge in [0.2, 0.25) is 0 Å². The molecule has 2 aliphatic rings. The van der Waals surface area contributed by atoms with Gasteiger partial charge in [-0.2, -0.15) is 0 Å². The molecule has 0 bridgehead atoms. The average molecular weight is 287 g/mol. The Morgan fingerprint density at radius 1 is 1.10 bits per heavy atom. The van der Waals surface area contributed by atoms with Crippen molar-refractivity contribution in [2.45, 2.75) is 37.6 Å². The fourth-order valence-corrected chi connectivity index (χ4v) is 3.47. The molecule has 2 saturated heterocycles. The molecule has 5 heteroatoms. The van der Waals surface area contributed by atoms with Crippen LogP contribution in [-0.4, -0.2) is 41.0 Å². The molecule has 4 heterocycles. The van der Waals surface area contributed by atoms with Crippen LogP contribution >= 0.6 is 0 Å². The van der Waals surface area contributed by atoms with Gasteiger partial charge in [-0.1, -0.05) is 0 Å². The summed E-state index contributed by atoms with van der Waals surface area (Å²) in [6, 6.07) is 4.36. The molecule has 0 N–H and O–H groups in total. The minimum absolute atomic E-state index is 0.357. The predicted molar refractivity (Wildman–Crippen MR) is 79.4 cm³/mol. The van der Waals surface area contributed by atoms with E-state index in [4.69, 9.17) is 14.5 Å². The van der Waals surface area contributed by atoms with Gasteiger partial charge in [0, 0.05) is 25.3 Å². The van der Waals surface area contributed by atoms with Crippen LogP contribution in [0.4, 0.5) is 0 Å². The molecule has 2 unspecified atom stereocenters. The lowest BCUT2D eigenvalue weighted by Crippen LogP contribution is -2.26. The first kappa shape index (κ1) is 13.2. The van der Waals surface area contributed by atoms with Gasteiger partial charge in [-0.3, -0.25) is 0 Å². The Balaban J connectivity index is 1.79. The van der Waals surface area contributed by atoms with E-state index in [0.29, 0.717) is 12.0 Å². The smallest absolute Gasteiger partial charge is 0.160 e. The van der Waals surface area contributed by atoms with Gasteiger partial charge in [0.05, 0.1) is 19.3 Å². The maximum absolute atomic E-state index is 5.69. The predicted octanol–water partition coefficient (Wildman–Crippen LogP) is 2.68. The highest BCUT2D eigenvalue weighted by atomic mass is 16.5. The summed E-state index contributed by atoms with van der Waals surface area (Å²) in [6.07, 6.45) is 6.37. The fraction of sp³-hybridized carbons (Fsp3) is 0.625. The molecular formula is C16H21N3O2.